The summed E-state index contributed by atoms with van der Waals surface area (Å²) in [6.45, 7) is 7.48. The summed E-state index contributed by atoms with van der Waals surface area (Å²) >= 11 is 1.86. The fraction of sp³-hybridized carbons (Fsp3) is 0.900. The summed E-state index contributed by atoms with van der Waals surface area (Å²) in [5.74, 6) is 0.903. The summed E-state index contributed by atoms with van der Waals surface area (Å²) in [4.78, 5) is 4.17. The van der Waals surface area contributed by atoms with Gasteiger partial charge in [0.05, 0.1) is 0 Å². The molecule has 0 aliphatic carbocycles. The summed E-state index contributed by atoms with van der Waals surface area (Å²) in [5, 5.41) is 7.24. The van der Waals surface area contributed by atoms with Gasteiger partial charge in [-0.2, -0.15) is 11.8 Å². The SMILES string of the molecule is CCC(C)NC(=NC)NCC(C)SC. The quantitative estimate of drug-likeness (QED) is 0.543. The van der Waals surface area contributed by atoms with E-state index in [9.17, 15) is 0 Å². The standard InChI is InChI=1S/C10H23N3S/c1-6-8(2)13-10(11-4)12-7-9(3)14-5/h8-9H,6-7H2,1-5H3,(H2,11,12,13). The van der Waals surface area contributed by atoms with Crippen LogP contribution < -0.4 is 10.6 Å². The van der Waals surface area contributed by atoms with Crippen molar-refractivity contribution in [2.45, 2.75) is 38.5 Å². The van der Waals surface area contributed by atoms with Gasteiger partial charge in [0.1, 0.15) is 0 Å². The molecular formula is C10H23N3S. The van der Waals surface area contributed by atoms with Crippen molar-refractivity contribution in [1.29, 1.82) is 0 Å². The third-order valence-electron chi connectivity index (χ3n) is 2.18. The second kappa shape index (κ2) is 7.97. The van der Waals surface area contributed by atoms with Crippen LogP contribution in [0.5, 0.6) is 0 Å². The molecule has 0 aromatic rings. The molecule has 2 N–H and O–H groups in total. The molecule has 84 valence electrons. The van der Waals surface area contributed by atoms with E-state index >= 15 is 0 Å². The Morgan fingerprint density at radius 1 is 1.43 bits per heavy atom. The van der Waals surface area contributed by atoms with Gasteiger partial charge in [0.15, 0.2) is 5.96 Å². The maximum Gasteiger partial charge on any atom is 0.191 e. The van der Waals surface area contributed by atoms with Crippen LogP contribution in [0.2, 0.25) is 0 Å². The molecule has 4 heteroatoms. The van der Waals surface area contributed by atoms with Gasteiger partial charge in [0.2, 0.25) is 0 Å². The number of guanidine groups is 1. The predicted octanol–water partition coefficient (Wildman–Crippen LogP) is 1.70. The molecule has 0 saturated carbocycles. The van der Waals surface area contributed by atoms with Gasteiger partial charge in [-0.1, -0.05) is 13.8 Å². The number of hydrogen-bond donors (Lipinski definition) is 2. The summed E-state index contributed by atoms with van der Waals surface area (Å²) in [6.07, 6.45) is 3.23. The zero-order valence-electron chi connectivity index (χ0n) is 9.92. The molecule has 0 aliphatic rings. The fourth-order valence-corrected chi connectivity index (χ4v) is 1.10. The topological polar surface area (TPSA) is 36.4 Å². The molecule has 0 aromatic carbocycles. The molecule has 0 saturated heterocycles. The monoisotopic (exact) mass is 217 g/mol. The Bertz CT molecular complexity index is 171. The number of hydrogen-bond acceptors (Lipinski definition) is 2. The highest BCUT2D eigenvalue weighted by atomic mass is 32.2. The fourth-order valence-electron chi connectivity index (χ4n) is 0.854. The lowest BCUT2D eigenvalue weighted by Gasteiger charge is -2.18. The summed E-state index contributed by atoms with van der Waals surface area (Å²) < 4.78 is 0. The van der Waals surface area contributed by atoms with Gasteiger partial charge in [-0.05, 0) is 19.6 Å². The predicted molar refractivity (Wildman–Crippen MR) is 67.2 cm³/mol. The number of thioether (sulfide) groups is 1. The third kappa shape index (κ3) is 6.13. The molecule has 2 unspecified atom stereocenters. The molecule has 14 heavy (non-hydrogen) atoms. The number of nitrogens with one attached hydrogen (secondary N) is 2. The van der Waals surface area contributed by atoms with Crippen molar-refractivity contribution in [3.8, 4) is 0 Å². The Hall–Kier alpha value is -0.380. The first-order valence-corrected chi connectivity index (χ1v) is 6.42. The third-order valence-corrected chi connectivity index (χ3v) is 3.15. The van der Waals surface area contributed by atoms with Crippen molar-refractivity contribution in [3.05, 3.63) is 0 Å². The van der Waals surface area contributed by atoms with Crippen LogP contribution >= 0.6 is 11.8 Å². The van der Waals surface area contributed by atoms with E-state index in [1.54, 1.807) is 0 Å². The first kappa shape index (κ1) is 13.6. The van der Waals surface area contributed by atoms with Gasteiger partial charge in [-0.25, -0.2) is 0 Å². The van der Waals surface area contributed by atoms with E-state index in [1.807, 2.05) is 18.8 Å². The summed E-state index contributed by atoms with van der Waals surface area (Å²) in [7, 11) is 1.81. The van der Waals surface area contributed by atoms with Crippen LogP contribution in [0, 0.1) is 0 Å². The van der Waals surface area contributed by atoms with Crippen LogP contribution in [0.25, 0.3) is 0 Å². The Morgan fingerprint density at radius 2 is 2.07 bits per heavy atom. The van der Waals surface area contributed by atoms with Crippen LogP contribution in [0.4, 0.5) is 0 Å². The van der Waals surface area contributed by atoms with Crippen molar-refractivity contribution in [1.82, 2.24) is 10.6 Å². The Labute approximate surface area is 92.1 Å². The van der Waals surface area contributed by atoms with Crippen molar-refractivity contribution < 1.29 is 0 Å². The van der Waals surface area contributed by atoms with Gasteiger partial charge in [0.25, 0.3) is 0 Å². The normalized spacial score (nSPS) is 16.2. The van der Waals surface area contributed by atoms with E-state index in [2.05, 4.69) is 42.7 Å². The molecule has 0 bridgehead atoms. The van der Waals surface area contributed by atoms with Gasteiger partial charge in [0, 0.05) is 24.9 Å². The van der Waals surface area contributed by atoms with Gasteiger partial charge in [-0.3, -0.25) is 4.99 Å². The Morgan fingerprint density at radius 3 is 2.50 bits per heavy atom. The van der Waals surface area contributed by atoms with E-state index in [-0.39, 0.29) is 0 Å². The van der Waals surface area contributed by atoms with E-state index in [1.165, 1.54) is 0 Å². The molecular weight excluding hydrogens is 194 g/mol. The molecule has 0 rings (SSSR count). The minimum atomic E-state index is 0.478. The highest BCUT2D eigenvalue weighted by Crippen LogP contribution is 2.02. The lowest BCUT2D eigenvalue weighted by atomic mass is 10.3. The molecule has 0 spiro atoms. The highest BCUT2D eigenvalue weighted by molar-refractivity contribution is 7.99. The highest BCUT2D eigenvalue weighted by Gasteiger charge is 2.04. The van der Waals surface area contributed by atoms with Crippen LogP contribution in [-0.4, -0.2) is 37.1 Å². The maximum atomic E-state index is 4.17. The van der Waals surface area contributed by atoms with Crippen molar-refractivity contribution in [2.75, 3.05) is 19.8 Å². The molecule has 3 nitrogen and oxygen atoms in total. The van der Waals surface area contributed by atoms with Gasteiger partial charge in [-0.15, -0.1) is 0 Å². The van der Waals surface area contributed by atoms with Crippen molar-refractivity contribution in [3.63, 3.8) is 0 Å². The average molecular weight is 217 g/mol. The Balaban J connectivity index is 3.81. The van der Waals surface area contributed by atoms with Crippen LogP contribution in [0.1, 0.15) is 27.2 Å². The lowest BCUT2D eigenvalue weighted by Crippen LogP contribution is -2.43. The summed E-state index contributed by atoms with van der Waals surface area (Å²) in [6, 6.07) is 0.478. The molecule has 0 amide bonds. The van der Waals surface area contributed by atoms with E-state index in [4.69, 9.17) is 0 Å². The number of nitrogens with zero attached hydrogens (tertiary/aromatic N) is 1. The van der Waals surface area contributed by atoms with Crippen LogP contribution in [-0.2, 0) is 0 Å². The van der Waals surface area contributed by atoms with E-state index in [0.717, 1.165) is 18.9 Å². The van der Waals surface area contributed by atoms with Gasteiger partial charge < -0.3 is 10.6 Å². The number of aliphatic imine (C=N–C) groups is 1. The molecule has 2 atom stereocenters. The van der Waals surface area contributed by atoms with Crippen LogP contribution in [0.15, 0.2) is 4.99 Å². The lowest BCUT2D eigenvalue weighted by molar-refractivity contribution is 0.624. The average Bonchev–Trinajstić information content (AvgIpc) is 2.22. The molecule has 0 heterocycles. The largest absolute Gasteiger partial charge is 0.355 e. The molecule has 0 fully saturated rings. The zero-order chi connectivity index (χ0) is 11.0. The van der Waals surface area contributed by atoms with Crippen molar-refractivity contribution >= 4 is 17.7 Å². The smallest absolute Gasteiger partial charge is 0.191 e. The van der Waals surface area contributed by atoms with Crippen LogP contribution in [0.3, 0.4) is 0 Å². The first-order valence-electron chi connectivity index (χ1n) is 5.14. The molecule has 0 aliphatic heterocycles. The minimum Gasteiger partial charge on any atom is -0.355 e. The molecule has 0 aromatic heterocycles. The summed E-state index contributed by atoms with van der Waals surface area (Å²) in [5.41, 5.74) is 0. The first-order chi connectivity index (χ1) is 6.63. The Kier molecular flexibility index (Phi) is 7.76. The van der Waals surface area contributed by atoms with E-state index in [0.29, 0.717) is 11.3 Å². The molecule has 0 radical (unpaired) electrons. The minimum absolute atomic E-state index is 0.478. The van der Waals surface area contributed by atoms with Crippen molar-refractivity contribution in [2.24, 2.45) is 4.99 Å². The number of rotatable bonds is 5. The second-order valence-electron chi connectivity index (χ2n) is 3.45. The second-order valence-corrected chi connectivity index (χ2v) is 4.73. The van der Waals surface area contributed by atoms with Gasteiger partial charge >= 0.3 is 0 Å². The van der Waals surface area contributed by atoms with E-state index < -0.39 is 0 Å². The zero-order valence-corrected chi connectivity index (χ0v) is 10.7. The maximum absolute atomic E-state index is 4.17.